The number of fused-ring (bicyclic) bond motifs is 3. The van der Waals surface area contributed by atoms with Crippen molar-refractivity contribution in [2.45, 2.75) is 0 Å². The van der Waals surface area contributed by atoms with Gasteiger partial charge in [-0.15, -0.1) is 0 Å². The zero-order valence-corrected chi connectivity index (χ0v) is 11.2. The molecule has 19 heavy (non-hydrogen) atoms. The third-order valence-electron chi connectivity index (χ3n) is 3.12. The van der Waals surface area contributed by atoms with Gasteiger partial charge in [0.1, 0.15) is 0 Å². The number of benzene rings is 3. The Kier molecular flexibility index (Phi) is 2.85. The van der Waals surface area contributed by atoms with Gasteiger partial charge in [0.25, 0.3) is 0 Å². The van der Waals surface area contributed by atoms with Crippen LogP contribution in [0.2, 0.25) is 10.0 Å². The molecule has 3 rings (SSSR count). The Morgan fingerprint density at radius 1 is 0.895 bits per heavy atom. The average molecular weight is 291 g/mol. The average Bonchev–Trinajstić information content (AvgIpc) is 2.37. The first-order valence-electron chi connectivity index (χ1n) is 5.62. The number of hydrogen-bond acceptors (Lipinski definition) is 1. The third-order valence-corrected chi connectivity index (χ3v) is 3.65. The van der Waals surface area contributed by atoms with Gasteiger partial charge in [0.2, 0.25) is 0 Å². The van der Waals surface area contributed by atoms with E-state index in [4.69, 9.17) is 23.2 Å². The predicted molar refractivity (Wildman–Crippen MR) is 78.4 cm³/mol. The maximum absolute atomic E-state index is 11.4. The highest BCUT2D eigenvalue weighted by Gasteiger charge is 2.13. The molecule has 2 nitrogen and oxygen atoms in total. The van der Waals surface area contributed by atoms with Crippen molar-refractivity contribution < 1.29 is 9.90 Å². The largest absolute Gasteiger partial charge is 0.478 e. The van der Waals surface area contributed by atoms with E-state index >= 15 is 0 Å². The lowest BCUT2D eigenvalue weighted by atomic mass is 9.97. The van der Waals surface area contributed by atoms with E-state index in [-0.39, 0.29) is 5.56 Å². The Labute approximate surface area is 119 Å². The second-order valence-electron chi connectivity index (χ2n) is 4.26. The second kappa shape index (κ2) is 4.41. The SMILES string of the molecule is O=C(O)c1cc2c(Cl)cc(Cl)cc2c2ccccc12. The van der Waals surface area contributed by atoms with Crippen LogP contribution >= 0.6 is 23.2 Å². The summed E-state index contributed by atoms with van der Waals surface area (Å²) in [6.07, 6.45) is 0. The minimum Gasteiger partial charge on any atom is -0.478 e. The molecular formula is C15H8Cl2O2. The van der Waals surface area contributed by atoms with Gasteiger partial charge >= 0.3 is 5.97 Å². The molecule has 0 saturated carbocycles. The van der Waals surface area contributed by atoms with E-state index in [9.17, 15) is 9.90 Å². The van der Waals surface area contributed by atoms with Crippen molar-refractivity contribution in [1.82, 2.24) is 0 Å². The van der Waals surface area contributed by atoms with Crippen molar-refractivity contribution in [3.8, 4) is 0 Å². The normalized spacial score (nSPS) is 11.1. The molecule has 0 heterocycles. The molecule has 3 aromatic carbocycles. The Balaban J connectivity index is 2.61. The molecule has 94 valence electrons. The summed E-state index contributed by atoms with van der Waals surface area (Å²) in [6.45, 7) is 0. The van der Waals surface area contributed by atoms with Crippen LogP contribution in [0, 0.1) is 0 Å². The summed E-state index contributed by atoms with van der Waals surface area (Å²) in [5.41, 5.74) is 0.243. The molecule has 0 spiro atoms. The van der Waals surface area contributed by atoms with Crippen LogP contribution in [0.3, 0.4) is 0 Å². The molecule has 0 aliphatic rings. The fourth-order valence-corrected chi connectivity index (χ4v) is 2.85. The Bertz CT molecular complexity index is 825. The van der Waals surface area contributed by atoms with Gasteiger partial charge in [-0.2, -0.15) is 0 Å². The van der Waals surface area contributed by atoms with E-state index in [2.05, 4.69) is 0 Å². The molecule has 4 heteroatoms. The van der Waals surface area contributed by atoms with Gasteiger partial charge in [0, 0.05) is 15.4 Å². The molecule has 0 aliphatic carbocycles. The lowest BCUT2D eigenvalue weighted by Crippen LogP contribution is -1.98. The first kappa shape index (κ1) is 12.3. The number of carboxylic acids is 1. The zero-order chi connectivity index (χ0) is 13.6. The van der Waals surface area contributed by atoms with Crippen molar-refractivity contribution in [3.05, 3.63) is 58.1 Å². The topological polar surface area (TPSA) is 37.3 Å². The van der Waals surface area contributed by atoms with Crippen LogP contribution in [0.5, 0.6) is 0 Å². The molecule has 0 aromatic heterocycles. The van der Waals surface area contributed by atoms with Crippen molar-refractivity contribution in [2.75, 3.05) is 0 Å². The molecule has 0 atom stereocenters. The second-order valence-corrected chi connectivity index (χ2v) is 5.10. The monoisotopic (exact) mass is 290 g/mol. The van der Waals surface area contributed by atoms with Crippen molar-refractivity contribution in [1.29, 1.82) is 0 Å². The lowest BCUT2D eigenvalue weighted by molar-refractivity contribution is 0.0699. The fraction of sp³-hybridized carbons (Fsp3) is 0. The molecule has 0 fully saturated rings. The smallest absolute Gasteiger partial charge is 0.336 e. The highest BCUT2D eigenvalue weighted by molar-refractivity contribution is 6.40. The van der Waals surface area contributed by atoms with Crippen LogP contribution in [-0.4, -0.2) is 11.1 Å². The Morgan fingerprint density at radius 2 is 1.58 bits per heavy atom. The lowest BCUT2D eigenvalue weighted by Gasteiger charge is -2.09. The number of rotatable bonds is 1. The molecule has 0 amide bonds. The van der Waals surface area contributed by atoms with Crippen LogP contribution < -0.4 is 0 Å². The number of aromatic carboxylic acids is 1. The van der Waals surface area contributed by atoms with Crippen LogP contribution in [0.4, 0.5) is 0 Å². The third kappa shape index (κ3) is 1.93. The number of hydrogen-bond donors (Lipinski definition) is 1. The van der Waals surface area contributed by atoms with E-state index in [1.54, 1.807) is 24.3 Å². The standard InChI is InChI=1S/C15H8Cl2O2/c16-8-5-11-9-3-1-2-4-10(9)13(15(18)19)7-12(11)14(17)6-8/h1-7H,(H,18,19). The van der Waals surface area contributed by atoms with Crippen LogP contribution in [0.15, 0.2) is 42.5 Å². The van der Waals surface area contributed by atoms with Crippen molar-refractivity contribution in [3.63, 3.8) is 0 Å². The summed E-state index contributed by atoms with van der Waals surface area (Å²) in [7, 11) is 0. The molecular weight excluding hydrogens is 283 g/mol. The fourth-order valence-electron chi connectivity index (χ4n) is 2.31. The highest BCUT2D eigenvalue weighted by Crippen LogP contribution is 2.35. The summed E-state index contributed by atoms with van der Waals surface area (Å²) >= 11 is 12.2. The molecule has 0 aliphatic heterocycles. The van der Waals surface area contributed by atoms with Crippen molar-refractivity contribution >= 4 is 50.7 Å². The zero-order valence-electron chi connectivity index (χ0n) is 9.65. The quantitative estimate of drug-likeness (QED) is 0.641. The van der Waals surface area contributed by atoms with Gasteiger partial charge in [-0.3, -0.25) is 0 Å². The first-order valence-corrected chi connectivity index (χ1v) is 6.37. The first-order chi connectivity index (χ1) is 9.08. The Morgan fingerprint density at radius 3 is 2.26 bits per heavy atom. The summed E-state index contributed by atoms with van der Waals surface area (Å²) in [5, 5.41) is 13.4. The molecule has 0 unspecified atom stereocenters. The van der Waals surface area contributed by atoms with Gasteiger partial charge in [-0.05, 0) is 34.4 Å². The van der Waals surface area contributed by atoms with Gasteiger partial charge in [0.15, 0.2) is 0 Å². The molecule has 0 bridgehead atoms. The summed E-state index contributed by atoms with van der Waals surface area (Å²) in [6, 6.07) is 12.3. The van der Waals surface area contributed by atoms with E-state index in [1.165, 1.54) is 0 Å². The van der Waals surface area contributed by atoms with Crippen LogP contribution in [0.1, 0.15) is 10.4 Å². The maximum Gasteiger partial charge on any atom is 0.336 e. The highest BCUT2D eigenvalue weighted by atomic mass is 35.5. The van der Waals surface area contributed by atoms with Crippen molar-refractivity contribution in [2.24, 2.45) is 0 Å². The number of carbonyl (C=O) groups is 1. The predicted octanol–water partition coefficient (Wildman–Crippen LogP) is 5.00. The van der Waals surface area contributed by atoms with Crippen LogP contribution in [0.25, 0.3) is 21.5 Å². The summed E-state index contributed by atoms with van der Waals surface area (Å²) < 4.78 is 0. The molecule has 3 aromatic rings. The van der Waals surface area contributed by atoms with Gasteiger partial charge in [-0.25, -0.2) is 4.79 Å². The minimum atomic E-state index is -0.968. The molecule has 0 saturated heterocycles. The Hall–Kier alpha value is -1.77. The minimum absolute atomic E-state index is 0.243. The van der Waals surface area contributed by atoms with E-state index in [0.717, 1.165) is 10.8 Å². The molecule has 1 N–H and O–H groups in total. The van der Waals surface area contributed by atoms with E-state index < -0.39 is 5.97 Å². The van der Waals surface area contributed by atoms with E-state index in [1.807, 2.05) is 18.2 Å². The summed E-state index contributed by atoms with van der Waals surface area (Å²) in [5.74, 6) is -0.968. The molecule has 0 radical (unpaired) electrons. The van der Waals surface area contributed by atoms with Crippen LogP contribution in [-0.2, 0) is 0 Å². The van der Waals surface area contributed by atoms with E-state index in [0.29, 0.717) is 20.8 Å². The van der Waals surface area contributed by atoms with Gasteiger partial charge in [0.05, 0.1) is 5.56 Å². The van der Waals surface area contributed by atoms with Gasteiger partial charge in [-0.1, -0.05) is 47.5 Å². The number of carboxylic acid groups (broad SMARTS) is 1. The summed E-state index contributed by atoms with van der Waals surface area (Å²) in [4.78, 5) is 11.4. The van der Waals surface area contributed by atoms with Gasteiger partial charge < -0.3 is 5.11 Å². The number of halogens is 2. The maximum atomic E-state index is 11.4.